The Kier molecular flexibility index (Phi) is 4.40. The number of halogens is 3. The smallest absolute Gasteiger partial charge is 0.451 e. The molecule has 0 saturated heterocycles. The summed E-state index contributed by atoms with van der Waals surface area (Å²) in [4.78, 5) is 23.5. The Labute approximate surface area is 121 Å². The number of carbonyl (C=O) groups excluding carboxylic acids is 1. The molecule has 0 saturated carbocycles. The molecule has 0 spiro atoms. The minimum Gasteiger partial charge on any atom is -0.481 e. The van der Waals surface area contributed by atoms with Crippen molar-refractivity contribution in [1.29, 1.82) is 0 Å². The molecule has 116 valence electrons. The van der Waals surface area contributed by atoms with Gasteiger partial charge in [0.15, 0.2) is 5.82 Å². The SMILES string of the molecule is O=C(O)CSCC(=O)N1CCn2c(nnc2C(F)(F)F)C1. The van der Waals surface area contributed by atoms with Crippen LogP contribution in [0, 0.1) is 0 Å². The zero-order chi connectivity index (χ0) is 15.6. The number of carboxylic acids is 1. The lowest BCUT2D eigenvalue weighted by Crippen LogP contribution is -2.40. The lowest BCUT2D eigenvalue weighted by Gasteiger charge is -2.27. The topological polar surface area (TPSA) is 88.3 Å². The van der Waals surface area contributed by atoms with E-state index in [1.54, 1.807) is 0 Å². The first-order chi connectivity index (χ1) is 9.79. The highest BCUT2D eigenvalue weighted by Gasteiger charge is 2.39. The molecule has 0 fully saturated rings. The van der Waals surface area contributed by atoms with Gasteiger partial charge >= 0.3 is 12.1 Å². The Morgan fingerprint density at radius 3 is 2.57 bits per heavy atom. The van der Waals surface area contributed by atoms with Gasteiger partial charge in [-0.15, -0.1) is 22.0 Å². The first kappa shape index (κ1) is 15.6. The largest absolute Gasteiger partial charge is 0.481 e. The van der Waals surface area contributed by atoms with Crippen molar-refractivity contribution in [3.63, 3.8) is 0 Å². The molecule has 1 aromatic heterocycles. The maximum atomic E-state index is 12.6. The Balaban J connectivity index is 1.99. The van der Waals surface area contributed by atoms with E-state index in [-0.39, 0.29) is 42.9 Å². The summed E-state index contributed by atoms with van der Waals surface area (Å²) in [6, 6.07) is 0. The number of alkyl halides is 3. The molecule has 0 unspecified atom stereocenters. The molecule has 0 atom stereocenters. The predicted molar refractivity (Wildman–Crippen MR) is 65.4 cm³/mol. The van der Waals surface area contributed by atoms with Crippen molar-refractivity contribution in [2.45, 2.75) is 19.3 Å². The van der Waals surface area contributed by atoms with Crippen LogP contribution in [0.4, 0.5) is 13.2 Å². The number of amides is 1. The number of carbonyl (C=O) groups is 2. The number of carboxylic acid groups (broad SMARTS) is 1. The summed E-state index contributed by atoms with van der Waals surface area (Å²) in [7, 11) is 0. The summed E-state index contributed by atoms with van der Waals surface area (Å²) in [5, 5.41) is 15.0. The molecule has 2 rings (SSSR count). The third-order valence-corrected chi connectivity index (χ3v) is 3.71. The van der Waals surface area contributed by atoms with E-state index in [9.17, 15) is 22.8 Å². The van der Waals surface area contributed by atoms with Crippen molar-refractivity contribution < 1.29 is 27.9 Å². The molecule has 11 heteroatoms. The van der Waals surface area contributed by atoms with Crippen LogP contribution in [0.2, 0.25) is 0 Å². The molecule has 7 nitrogen and oxygen atoms in total. The Bertz CT molecular complexity index is 560. The highest BCUT2D eigenvalue weighted by molar-refractivity contribution is 8.00. The minimum absolute atomic E-state index is 0.0352. The van der Waals surface area contributed by atoms with E-state index >= 15 is 0 Å². The van der Waals surface area contributed by atoms with Crippen molar-refractivity contribution in [3.8, 4) is 0 Å². The maximum absolute atomic E-state index is 12.6. The van der Waals surface area contributed by atoms with Gasteiger partial charge in [-0.3, -0.25) is 9.59 Å². The highest BCUT2D eigenvalue weighted by atomic mass is 32.2. The van der Waals surface area contributed by atoms with Crippen LogP contribution in [0.1, 0.15) is 11.6 Å². The van der Waals surface area contributed by atoms with E-state index in [1.165, 1.54) is 4.90 Å². The molecule has 1 aromatic rings. The molecule has 2 heterocycles. The fraction of sp³-hybridized carbons (Fsp3) is 0.600. The van der Waals surface area contributed by atoms with Crippen LogP contribution < -0.4 is 0 Å². The standard InChI is InChI=1S/C10H11F3N4O3S/c11-10(12,13)9-15-14-6-3-16(1-2-17(6)9)7(18)4-21-5-8(19)20/h1-5H2,(H,19,20). The van der Waals surface area contributed by atoms with Crippen molar-refractivity contribution in [2.24, 2.45) is 0 Å². The molecule has 1 N–H and O–H groups in total. The van der Waals surface area contributed by atoms with Crippen LogP contribution in [0.3, 0.4) is 0 Å². The number of rotatable bonds is 4. The van der Waals surface area contributed by atoms with Gasteiger partial charge < -0.3 is 14.6 Å². The van der Waals surface area contributed by atoms with Crippen LogP contribution in [0.15, 0.2) is 0 Å². The number of hydrogen-bond acceptors (Lipinski definition) is 5. The van der Waals surface area contributed by atoms with E-state index in [0.717, 1.165) is 16.3 Å². The quantitative estimate of drug-likeness (QED) is 0.865. The summed E-state index contributed by atoms with van der Waals surface area (Å²) in [6.07, 6.45) is -4.57. The van der Waals surface area contributed by atoms with Gasteiger partial charge in [-0.1, -0.05) is 0 Å². The average Bonchev–Trinajstić information content (AvgIpc) is 2.80. The molecule has 1 aliphatic rings. The van der Waals surface area contributed by atoms with E-state index in [1.807, 2.05) is 0 Å². The predicted octanol–water partition coefficient (Wildman–Crippen LogP) is 0.457. The zero-order valence-electron chi connectivity index (χ0n) is 10.6. The fourth-order valence-electron chi connectivity index (χ4n) is 1.90. The van der Waals surface area contributed by atoms with Gasteiger partial charge in [0.05, 0.1) is 18.1 Å². The number of thioether (sulfide) groups is 1. The summed E-state index contributed by atoms with van der Waals surface area (Å²) in [6.45, 7) is 0.0165. The Morgan fingerprint density at radius 1 is 1.24 bits per heavy atom. The van der Waals surface area contributed by atoms with Crippen LogP contribution in [-0.2, 0) is 28.9 Å². The van der Waals surface area contributed by atoms with Crippen LogP contribution in [-0.4, -0.2) is 54.7 Å². The summed E-state index contributed by atoms with van der Waals surface area (Å²) in [5.74, 6) is -2.58. The molecule has 0 bridgehead atoms. The lowest BCUT2D eigenvalue weighted by atomic mass is 10.3. The summed E-state index contributed by atoms with van der Waals surface area (Å²) < 4.78 is 38.9. The minimum atomic E-state index is -4.57. The van der Waals surface area contributed by atoms with Crippen molar-refractivity contribution >= 4 is 23.6 Å². The van der Waals surface area contributed by atoms with E-state index in [0.29, 0.717) is 0 Å². The number of aliphatic carboxylic acids is 1. The van der Waals surface area contributed by atoms with Gasteiger partial charge in [-0.05, 0) is 0 Å². The Morgan fingerprint density at radius 2 is 1.95 bits per heavy atom. The molecule has 0 radical (unpaired) electrons. The second-order valence-corrected chi connectivity index (χ2v) is 5.28. The number of fused-ring (bicyclic) bond motifs is 1. The number of aromatic nitrogens is 3. The first-order valence-corrected chi connectivity index (χ1v) is 7.01. The second kappa shape index (κ2) is 5.92. The summed E-state index contributed by atoms with van der Waals surface area (Å²) >= 11 is 0.940. The Hall–Kier alpha value is -1.78. The third kappa shape index (κ3) is 3.65. The fourth-order valence-corrected chi connectivity index (χ4v) is 2.53. The van der Waals surface area contributed by atoms with Gasteiger partial charge in [-0.2, -0.15) is 13.2 Å². The molecular weight excluding hydrogens is 313 g/mol. The van der Waals surface area contributed by atoms with E-state index < -0.39 is 18.0 Å². The monoisotopic (exact) mass is 324 g/mol. The number of hydrogen-bond donors (Lipinski definition) is 1. The highest BCUT2D eigenvalue weighted by Crippen LogP contribution is 2.29. The first-order valence-electron chi connectivity index (χ1n) is 5.85. The second-order valence-electron chi connectivity index (χ2n) is 4.29. The van der Waals surface area contributed by atoms with Crippen LogP contribution >= 0.6 is 11.8 Å². The van der Waals surface area contributed by atoms with E-state index in [2.05, 4.69) is 10.2 Å². The van der Waals surface area contributed by atoms with E-state index in [4.69, 9.17) is 5.11 Å². The van der Waals surface area contributed by atoms with Gasteiger partial charge in [0, 0.05) is 13.1 Å². The molecule has 0 aromatic carbocycles. The molecule has 1 amide bonds. The third-order valence-electron chi connectivity index (χ3n) is 2.81. The van der Waals surface area contributed by atoms with Gasteiger partial charge in [-0.25, -0.2) is 0 Å². The molecule has 0 aliphatic carbocycles. The van der Waals surface area contributed by atoms with Crippen molar-refractivity contribution in [1.82, 2.24) is 19.7 Å². The molecular formula is C10H11F3N4O3S. The molecule has 21 heavy (non-hydrogen) atoms. The maximum Gasteiger partial charge on any atom is 0.451 e. The normalized spacial score (nSPS) is 14.9. The van der Waals surface area contributed by atoms with Crippen LogP contribution in [0.5, 0.6) is 0 Å². The van der Waals surface area contributed by atoms with Gasteiger partial charge in [0.25, 0.3) is 0 Å². The average molecular weight is 324 g/mol. The van der Waals surface area contributed by atoms with Gasteiger partial charge in [0.2, 0.25) is 11.7 Å². The lowest BCUT2D eigenvalue weighted by molar-refractivity contribution is -0.148. The van der Waals surface area contributed by atoms with Crippen LogP contribution in [0.25, 0.3) is 0 Å². The van der Waals surface area contributed by atoms with Crippen molar-refractivity contribution in [2.75, 3.05) is 18.1 Å². The molecule has 1 aliphatic heterocycles. The zero-order valence-corrected chi connectivity index (χ0v) is 11.4. The van der Waals surface area contributed by atoms with Gasteiger partial charge in [0.1, 0.15) is 0 Å². The van der Waals surface area contributed by atoms with Crippen molar-refractivity contribution in [3.05, 3.63) is 11.6 Å². The summed E-state index contributed by atoms with van der Waals surface area (Å²) in [5.41, 5.74) is 0. The number of nitrogens with zero attached hydrogens (tertiary/aromatic N) is 4.